The van der Waals surface area contributed by atoms with Crippen LogP contribution in [0.1, 0.15) is 41.4 Å². The summed E-state index contributed by atoms with van der Waals surface area (Å²) in [6.45, 7) is 3.95. The molecule has 1 N–H and O–H groups in total. The van der Waals surface area contributed by atoms with E-state index in [1.165, 1.54) is 24.0 Å². The number of likely N-dealkylation sites (tertiary alicyclic amines) is 1. The number of nitrogens with zero attached hydrogens (tertiary/aromatic N) is 1. The standard InChI is InChI=1S/C14H17NO5/c1-8-5-10(14(18)19)7-15(6-8)13(17)12-4-3-11(20-12)9(2)16/h3-4,8,10H,5-7H2,1-2H3,(H,18,19). The second-order valence-electron chi connectivity index (χ2n) is 5.31. The minimum Gasteiger partial charge on any atom is -0.481 e. The van der Waals surface area contributed by atoms with Crippen molar-refractivity contribution in [3.63, 3.8) is 0 Å². The molecule has 2 rings (SSSR count). The second-order valence-corrected chi connectivity index (χ2v) is 5.31. The summed E-state index contributed by atoms with van der Waals surface area (Å²) in [7, 11) is 0. The predicted octanol–water partition coefficient (Wildman–Crippen LogP) is 1.67. The number of carbonyl (C=O) groups excluding carboxylic acids is 2. The van der Waals surface area contributed by atoms with Gasteiger partial charge in [0.15, 0.2) is 17.3 Å². The van der Waals surface area contributed by atoms with Crippen LogP contribution in [0.15, 0.2) is 16.5 Å². The van der Waals surface area contributed by atoms with E-state index >= 15 is 0 Å². The minimum absolute atomic E-state index is 0.0773. The first-order chi connectivity index (χ1) is 9.38. The summed E-state index contributed by atoms with van der Waals surface area (Å²) < 4.78 is 5.20. The van der Waals surface area contributed by atoms with Crippen LogP contribution in [-0.4, -0.2) is 40.8 Å². The van der Waals surface area contributed by atoms with Crippen molar-refractivity contribution in [3.05, 3.63) is 23.7 Å². The molecule has 1 aliphatic heterocycles. The Morgan fingerprint density at radius 1 is 1.25 bits per heavy atom. The van der Waals surface area contributed by atoms with Crippen molar-refractivity contribution in [3.8, 4) is 0 Å². The van der Waals surface area contributed by atoms with Gasteiger partial charge < -0.3 is 14.4 Å². The third-order valence-corrected chi connectivity index (χ3v) is 3.46. The van der Waals surface area contributed by atoms with Crippen molar-refractivity contribution in [2.45, 2.75) is 20.3 Å². The van der Waals surface area contributed by atoms with Crippen molar-refractivity contribution in [2.24, 2.45) is 11.8 Å². The molecule has 2 unspecified atom stereocenters. The fourth-order valence-electron chi connectivity index (χ4n) is 2.49. The number of hydrogen-bond acceptors (Lipinski definition) is 4. The van der Waals surface area contributed by atoms with Gasteiger partial charge in [-0.3, -0.25) is 14.4 Å². The highest BCUT2D eigenvalue weighted by Gasteiger charge is 2.33. The van der Waals surface area contributed by atoms with E-state index in [-0.39, 0.29) is 35.7 Å². The van der Waals surface area contributed by atoms with Gasteiger partial charge >= 0.3 is 5.97 Å². The van der Waals surface area contributed by atoms with Crippen LogP contribution in [0.2, 0.25) is 0 Å². The van der Waals surface area contributed by atoms with Gasteiger partial charge in [0.2, 0.25) is 0 Å². The molecule has 6 nitrogen and oxygen atoms in total. The molecule has 0 aromatic carbocycles. The van der Waals surface area contributed by atoms with Crippen molar-refractivity contribution in [1.29, 1.82) is 0 Å². The van der Waals surface area contributed by atoms with Gasteiger partial charge in [0.1, 0.15) is 0 Å². The molecule has 2 heterocycles. The Hall–Kier alpha value is -2.11. The molecule has 0 bridgehead atoms. The first kappa shape index (κ1) is 14.3. The summed E-state index contributed by atoms with van der Waals surface area (Å²) in [5.74, 6) is -1.73. The number of ketones is 1. The molecule has 1 aromatic rings. The number of amides is 1. The molecule has 1 fully saturated rings. The fraction of sp³-hybridized carbons (Fsp3) is 0.500. The Morgan fingerprint density at radius 2 is 1.90 bits per heavy atom. The average Bonchev–Trinajstić information content (AvgIpc) is 2.86. The van der Waals surface area contributed by atoms with Crippen LogP contribution < -0.4 is 0 Å². The van der Waals surface area contributed by atoms with Crippen LogP contribution in [0.5, 0.6) is 0 Å². The Balaban J connectivity index is 2.14. The topological polar surface area (TPSA) is 87.8 Å². The van der Waals surface area contributed by atoms with Gasteiger partial charge in [0.05, 0.1) is 5.92 Å². The quantitative estimate of drug-likeness (QED) is 0.850. The van der Waals surface area contributed by atoms with Crippen molar-refractivity contribution in [1.82, 2.24) is 4.90 Å². The number of furan rings is 1. The van der Waals surface area contributed by atoms with Gasteiger partial charge in [-0.2, -0.15) is 0 Å². The minimum atomic E-state index is -0.891. The monoisotopic (exact) mass is 279 g/mol. The first-order valence-electron chi connectivity index (χ1n) is 6.51. The van der Waals surface area contributed by atoms with Gasteiger partial charge in [-0.25, -0.2) is 0 Å². The zero-order chi connectivity index (χ0) is 14.9. The largest absolute Gasteiger partial charge is 0.481 e. The van der Waals surface area contributed by atoms with E-state index in [4.69, 9.17) is 9.52 Å². The lowest BCUT2D eigenvalue weighted by atomic mass is 9.90. The Bertz CT molecular complexity index is 548. The van der Waals surface area contributed by atoms with Crippen molar-refractivity contribution in [2.75, 3.05) is 13.1 Å². The maximum Gasteiger partial charge on any atom is 0.308 e. The van der Waals surface area contributed by atoms with E-state index in [1.807, 2.05) is 6.92 Å². The molecule has 1 amide bonds. The van der Waals surface area contributed by atoms with Crippen LogP contribution in [0.3, 0.4) is 0 Å². The third-order valence-electron chi connectivity index (χ3n) is 3.46. The number of carbonyl (C=O) groups is 3. The third kappa shape index (κ3) is 2.89. The fourth-order valence-corrected chi connectivity index (χ4v) is 2.49. The van der Waals surface area contributed by atoms with E-state index in [2.05, 4.69) is 0 Å². The number of carboxylic acid groups (broad SMARTS) is 1. The summed E-state index contributed by atoms with van der Waals surface area (Å²) >= 11 is 0. The summed E-state index contributed by atoms with van der Waals surface area (Å²) in [6, 6.07) is 2.91. The van der Waals surface area contributed by atoms with E-state index < -0.39 is 11.9 Å². The average molecular weight is 279 g/mol. The molecule has 0 spiro atoms. The SMILES string of the molecule is CC(=O)c1ccc(C(=O)N2CC(C)CC(C(=O)O)C2)o1. The van der Waals surface area contributed by atoms with Gasteiger partial charge in [-0.15, -0.1) is 0 Å². The highest BCUT2D eigenvalue weighted by molar-refractivity contribution is 5.95. The van der Waals surface area contributed by atoms with Gasteiger partial charge in [0.25, 0.3) is 5.91 Å². The maximum absolute atomic E-state index is 12.3. The van der Waals surface area contributed by atoms with Crippen molar-refractivity contribution >= 4 is 17.7 Å². The molecule has 108 valence electrons. The van der Waals surface area contributed by atoms with E-state index in [9.17, 15) is 14.4 Å². The molecule has 1 aliphatic rings. The number of aliphatic carboxylic acids is 1. The zero-order valence-electron chi connectivity index (χ0n) is 11.5. The summed E-state index contributed by atoms with van der Waals surface area (Å²) in [4.78, 5) is 36.0. The molecule has 1 aromatic heterocycles. The summed E-state index contributed by atoms with van der Waals surface area (Å²) in [6.07, 6.45) is 0.565. The predicted molar refractivity (Wildman–Crippen MR) is 69.5 cm³/mol. The Morgan fingerprint density at radius 3 is 2.45 bits per heavy atom. The van der Waals surface area contributed by atoms with Crippen LogP contribution in [0.25, 0.3) is 0 Å². The lowest BCUT2D eigenvalue weighted by Crippen LogP contribution is -2.45. The van der Waals surface area contributed by atoms with Crippen LogP contribution in [0, 0.1) is 11.8 Å². The maximum atomic E-state index is 12.3. The molecule has 0 aliphatic carbocycles. The number of piperidine rings is 1. The van der Waals surface area contributed by atoms with E-state index in [1.54, 1.807) is 0 Å². The van der Waals surface area contributed by atoms with E-state index in [0.29, 0.717) is 13.0 Å². The molecule has 1 saturated heterocycles. The summed E-state index contributed by atoms with van der Waals surface area (Å²) in [5, 5.41) is 9.10. The van der Waals surface area contributed by atoms with Crippen LogP contribution in [0.4, 0.5) is 0 Å². The van der Waals surface area contributed by atoms with Crippen molar-refractivity contribution < 1.29 is 23.9 Å². The highest BCUT2D eigenvalue weighted by atomic mass is 16.4. The normalized spacial score (nSPS) is 22.6. The first-order valence-corrected chi connectivity index (χ1v) is 6.51. The Labute approximate surface area is 116 Å². The molecule has 0 saturated carbocycles. The lowest BCUT2D eigenvalue weighted by molar-refractivity contribution is -0.143. The molecule has 2 atom stereocenters. The smallest absolute Gasteiger partial charge is 0.308 e. The highest BCUT2D eigenvalue weighted by Crippen LogP contribution is 2.23. The molecule has 20 heavy (non-hydrogen) atoms. The molecular formula is C14H17NO5. The number of carboxylic acids is 1. The van der Waals surface area contributed by atoms with Crippen LogP contribution in [-0.2, 0) is 4.79 Å². The van der Waals surface area contributed by atoms with E-state index in [0.717, 1.165) is 0 Å². The van der Waals surface area contributed by atoms with Gasteiger partial charge in [0, 0.05) is 20.0 Å². The molecule has 6 heteroatoms. The van der Waals surface area contributed by atoms with Gasteiger partial charge in [-0.1, -0.05) is 6.92 Å². The number of hydrogen-bond donors (Lipinski definition) is 1. The van der Waals surface area contributed by atoms with Gasteiger partial charge in [-0.05, 0) is 24.5 Å². The number of rotatable bonds is 3. The Kier molecular flexibility index (Phi) is 3.92. The summed E-state index contributed by atoms with van der Waals surface area (Å²) in [5.41, 5.74) is 0. The zero-order valence-corrected chi connectivity index (χ0v) is 11.5. The van der Waals surface area contributed by atoms with Crippen LogP contribution >= 0.6 is 0 Å². The molecular weight excluding hydrogens is 262 g/mol. The lowest BCUT2D eigenvalue weighted by Gasteiger charge is -2.34. The number of Topliss-reactive ketones (excluding diaryl/α,β-unsaturated/α-hetero) is 1. The molecule has 0 radical (unpaired) electrons. The second kappa shape index (κ2) is 5.48.